The van der Waals surface area contributed by atoms with Gasteiger partial charge in [-0.15, -0.1) is 0 Å². The van der Waals surface area contributed by atoms with E-state index < -0.39 is 5.97 Å². The Balaban J connectivity index is 2.02. The van der Waals surface area contributed by atoms with Crippen LogP contribution in [-0.4, -0.2) is 68.0 Å². The van der Waals surface area contributed by atoms with E-state index in [4.69, 9.17) is 0 Å². The summed E-state index contributed by atoms with van der Waals surface area (Å²) in [7, 11) is 1.86. The number of rotatable bonds is 11. The molecule has 0 aromatic heterocycles. The number of phenols is 2. The van der Waals surface area contributed by atoms with Crippen molar-refractivity contribution in [2.45, 2.75) is 26.3 Å². The summed E-state index contributed by atoms with van der Waals surface area (Å²) < 4.78 is 0. The lowest BCUT2D eigenvalue weighted by atomic mass is 10.1. The average Bonchev–Trinajstić information content (AvgIpc) is 2.69. The first-order valence-electron chi connectivity index (χ1n) is 9.29. The molecule has 0 saturated heterocycles. The highest BCUT2D eigenvalue weighted by Crippen LogP contribution is 2.25. The molecule has 0 atom stereocenters. The highest BCUT2D eigenvalue weighted by molar-refractivity contribution is 5.69. The molecule has 0 aliphatic heterocycles. The van der Waals surface area contributed by atoms with Crippen molar-refractivity contribution in [3.8, 4) is 11.5 Å². The predicted octanol–water partition coefficient (Wildman–Crippen LogP) is 1.10. The summed E-state index contributed by atoms with van der Waals surface area (Å²) in [5.74, 6) is -0.932. The van der Waals surface area contributed by atoms with Crippen molar-refractivity contribution in [3.05, 3.63) is 58.7 Å². The van der Waals surface area contributed by atoms with E-state index in [0.717, 1.165) is 0 Å². The molecule has 2 rings (SSSR count). The zero-order valence-corrected chi connectivity index (χ0v) is 16.5. The second kappa shape index (κ2) is 10.8. The van der Waals surface area contributed by atoms with Gasteiger partial charge in [-0.25, -0.2) is 0 Å². The number of nitrogens with zero attached hydrogens (tertiary/aromatic N) is 2. The largest absolute Gasteiger partial charge is 0.507 e. The number of aliphatic hydroxyl groups excluding tert-OH is 2. The van der Waals surface area contributed by atoms with Gasteiger partial charge in [-0.3, -0.25) is 9.69 Å². The summed E-state index contributed by atoms with van der Waals surface area (Å²) in [5, 5.41) is 48.2. The maximum Gasteiger partial charge on any atom is 0.317 e. The van der Waals surface area contributed by atoms with Crippen LogP contribution < -0.4 is 0 Å². The van der Waals surface area contributed by atoms with Gasteiger partial charge in [0.2, 0.25) is 0 Å². The number of carbonyl (C=O) groups is 1. The molecule has 5 N–H and O–H groups in total. The predicted molar refractivity (Wildman–Crippen MR) is 107 cm³/mol. The monoisotopic (exact) mass is 404 g/mol. The molecule has 8 nitrogen and oxygen atoms in total. The maximum atomic E-state index is 11.2. The van der Waals surface area contributed by atoms with Gasteiger partial charge < -0.3 is 30.4 Å². The number of aliphatic hydroxyl groups is 2. The van der Waals surface area contributed by atoms with Crippen LogP contribution in [0.5, 0.6) is 11.5 Å². The Kier molecular flexibility index (Phi) is 8.41. The fourth-order valence-corrected chi connectivity index (χ4v) is 3.13. The first-order chi connectivity index (χ1) is 13.8. The van der Waals surface area contributed by atoms with Crippen LogP contribution in [0.15, 0.2) is 36.4 Å². The van der Waals surface area contributed by atoms with Gasteiger partial charge in [-0.05, 0) is 7.05 Å². The second-order valence-electron chi connectivity index (χ2n) is 7.01. The Bertz CT molecular complexity index is 827. The van der Waals surface area contributed by atoms with Crippen LogP contribution in [0.4, 0.5) is 0 Å². The fraction of sp³-hybridized carbons (Fsp3) is 0.381. The molecule has 0 bridgehead atoms. The minimum atomic E-state index is -0.973. The van der Waals surface area contributed by atoms with Crippen LogP contribution >= 0.6 is 0 Å². The van der Waals surface area contributed by atoms with Gasteiger partial charge in [0.1, 0.15) is 11.5 Å². The lowest BCUT2D eigenvalue weighted by Crippen LogP contribution is -2.36. The molecule has 2 aromatic carbocycles. The van der Waals surface area contributed by atoms with E-state index in [1.54, 1.807) is 41.3 Å². The maximum absolute atomic E-state index is 11.2. The molecule has 0 fully saturated rings. The molecule has 0 unspecified atom stereocenters. The van der Waals surface area contributed by atoms with Crippen LogP contribution in [0.2, 0.25) is 0 Å². The average molecular weight is 404 g/mol. The number of carboxylic acid groups (broad SMARTS) is 1. The van der Waals surface area contributed by atoms with E-state index in [-0.39, 0.29) is 37.8 Å². The number of para-hydroxylation sites is 2. The van der Waals surface area contributed by atoms with Crippen molar-refractivity contribution in [2.75, 3.05) is 26.7 Å². The minimum Gasteiger partial charge on any atom is -0.507 e. The molecule has 0 aliphatic rings. The van der Waals surface area contributed by atoms with Crippen LogP contribution in [0.1, 0.15) is 22.3 Å². The SMILES string of the molecule is CN(CCN(CC(=O)O)Cc1cccc(CO)c1O)Cc1cccc(CO)c1O. The van der Waals surface area contributed by atoms with Crippen LogP contribution in [0.25, 0.3) is 0 Å². The Labute approximate surface area is 169 Å². The molecular formula is C21H28N2O6. The van der Waals surface area contributed by atoms with Crippen LogP contribution in [0.3, 0.4) is 0 Å². The number of hydrogen-bond donors (Lipinski definition) is 5. The van der Waals surface area contributed by atoms with Gasteiger partial charge in [0.15, 0.2) is 0 Å². The molecular weight excluding hydrogens is 376 g/mol. The van der Waals surface area contributed by atoms with E-state index in [2.05, 4.69) is 0 Å². The summed E-state index contributed by atoms with van der Waals surface area (Å²) >= 11 is 0. The number of benzene rings is 2. The zero-order chi connectivity index (χ0) is 21.4. The van der Waals surface area contributed by atoms with E-state index in [1.165, 1.54) is 0 Å². The normalized spacial score (nSPS) is 11.3. The van der Waals surface area contributed by atoms with Crippen molar-refractivity contribution in [2.24, 2.45) is 0 Å². The molecule has 0 heterocycles. The third-order valence-corrected chi connectivity index (χ3v) is 4.74. The number of hydrogen-bond acceptors (Lipinski definition) is 7. The molecule has 158 valence electrons. The van der Waals surface area contributed by atoms with Gasteiger partial charge in [0.05, 0.1) is 19.8 Å². The number of likely N-dealkylation sites (N-methyl/N-ethyl adjacent to an activating group) is 1. The Hall–Kier alpha value is -2.65. The van der Waals surface area contributed by atoms with E-state index in [1.807, 2.05) is 11.9 Å². The molecule has 2 aromatic rings. The lowest BCUT2D eigenvalue weighted by molar-refractivity contribution is -0.138. The summed E-state index contributed by atoms with van der Waals surface area (Å²) in [6.07, 6.45) is 0. The van der Waals surface area contributed by atoms with Gasteiger partial charge in [-0.2, -0.15) is 0 Å². The first kappa shape index (κ1) is 22.6. The van der Waals surface area contributed by atoms with E-state index in [0.29, 0.717) is 41.9 Å². The second-order valence-corrected chi connectivity index (χ2v) is 7.01. The van der Waals surface area contributed by atoms with Crippen LogP contribution in [0, 0.1) is 0 Å². The Morgan fingerprint density at radius 2 is 1.31 bits per heavy atom. The van der Waals surface area contributed by atoms with E-state index >= 15 is 0 Å². The third kappa shape index (κ3) is 6.43. The van der Waals surface area contributed by atoms with Crippen molar-refractivity contribution in [1.82, 2.24) is 9.80 Å². The minimum absolute atomic E-state index is 0.0236. The molecule has 0 spiro atoms. The van der Waals surface area contributed by atoms with Crippen molar-refractivity contribution in [1.29, 1.82) is 0 Å². The van der Waals surface area contributed by atoms with Crippen LogP contribution in [-0.2, 0) is 31.1 Å². The molecule has 0 amide bonds. The number of carboxylic acids is 1. The number of aliphatic carboxylic acids is 1. The topological polar surface area (TPSA) is 125 Å². The fourth-order valence-electron chi connectivity index (χ4n) is 3.13. The highest BCUT2D eigenvalue weighted by atomic mass is 16.4. The molecule has 0 radical (unpaired) electrons. The molecule has 8 heteroatoms. The quantitative estimate of drug-likeness (QED) is 0.377. The Morgan fingerprint density at radius 1 is 0.828 bits per heavy atom. The lowest BCUT2D eigenvalue weighted by Gasteiger charge is -2.25. The van der Waals surface area contributed by atoms with Gasteiger partial charge in [0.25, 0.3) is 0 Å². The number of aromatic hydroxyl groups is 2. The first-order valence-corrected chi connectivity index (χ1v) is 9.29. The standard InChI is InChI=1S/C21H28N2O6/c1-22(10-15-4-2-6-17(13-24)20(15)28)8-9-23(12-19(26)27)11-16-5-3-7-18(14-25)21(16)29/h2-7,24-25,28-29H,8-14H2,1H3,(H,26,27). The van der Waals surface area contributed by atoms with Crippen molar-refractivity contribution >= 4 is 5.97 Å². The summed E-state index contributed by atoms with van der Waals surface area (Å²) in [5.41, 5.74) is 2.09. The molecule has 0 saturated carbocycles. The van der Waals surface area contributed by atoms with Crippen molar-refractivity contribution in [3.63, 3.8) is 0 Å². The Morgan fingerprint density at radius 3 is 1.79 bits per heavy atom. The summed E-state index contributed by atoms with van der Waals surface area (Å²) in [6.45, 7) is 0.880. The van der Waals surface area contributed by atoms with Gasteiger partial charge in [0, 0.05) is 48.4 Å². The summed E-state index contributed by atoms with van der Waals surface area (Å²) in [6, 6.07) is 10.2. The zero-order valence-electron chi connectivity index (χ0n) is 16.5. The van der Waals surface area contributed by atoms with Crippen molar-refractivity contribution < 1.29 is 30.3 Å². The van der Waals surface area contributed by atoms with E-state index in [9.17, 15) is 30.3 Å². The van der Waals surface area contributed by atoms with Gasteiger partial charge >= 0.3 is 5.97 Å². The molecule has 29 heavy (non-hydrogen) atoms. The smallest absolute Gasteiger partial charge is 0.317 e. The third-order valence-electron chi connectivity index (χ3n) is 4.74. The summed E-state index contributed by atoms with van der Waals surface area (Å²) in [4.78, 5) is 14.9. The molecule has 0 aliphatic carbocycles. The highest BCUT2D eigenvalue weighted by Gasteiger charge is 2.16. The van der Waals surface area contributed by atoms with Gasteiger partial charge in [-0.1, -0.05) is 36.4 Å².